The van der Waals surface area contributed by atoms with E-state index in [0.29, 0.717) is 24.7 Å². The summed E-state index contributed by atoms with van der Waals surface area (Å²) in [5.74, 6) is 0.883. The molecule has 4 aromatic rings. The topological polar surface area (TPSA) is 91.7 Å². The van der Waals surface area contributed by atoms with Crippen molar-refractivity contribution in [3.05, 3.63) is 77.4 Å². The molecular weight excluding hydrogens is 426 g/mol. The van der Waals surface area contributed by atoms with Gasteiger partial charge in [-0.15, -0.1) is 0 Å². The number of benzene rings is 1. The molecule has 34 heavy (non-hydrogen) atoms. The highest BCUT2D eigenvalue weighted by atomic mass is 16.1. The van der Waals surface area contributed by atoms with E-state index < -0.39 is 0 Å². The Labute approximate surface area is 200 Å². The highest BCUT2D eigenvalue weighted by Gasteiger charge is 2.26. The van der Waals surface area contributed by atoms with Gasteiger partial charge in [-0.25, -0.2) is 9.97 Å². The molecule has 0 aliphatic heterocycles. The number of amides is 1. The zero-order valence-corrected chi connectivity index (χ0v) is 20.4. The number of H-pyrrole nitrogens is 1. The number of carbonyl (C=O) groups is 1. The lowest BCUT2D eigenvalue weighted by Crippen LogP contribution is -2.29. The molecular formula is C26H33N7O. The van der Waals surface area contributed by atoms with Crippen molar-refractivity contribution < 1.29 is 4.79 Å². The van der Waals surface area contributed by atoms with Gasteiger partial charge in [-0.1, -0.05) is 12.1 Å². The minimum absolute atomic E-state index is 0.0727. The summed E-state index contributed by atoms with van der Waals surface area (Å²) in [5.41, 5.74) is 6.03. The maximum atomic E-state index is 12.4. The van der Waals surface area contributed by atoms with Crippen LogP contribution in [0.25, 0.3) is 11.0 Å². The van der Waals surface area contributed by atoms with Crippen molar-refractivity contribution in [2.45, 2.75) is 45.7 Å². The van der Waals surface area contributed by atoms with Gasteiger partial charge in [0.1, 0.15) is 11.3 Å². The van der Waals surface area contributed by atoms with Crippen LogP contribution in [0.15, 0.2) is 49.1 Å². The van der Waals surface area contributed by atoms with Gasteiger partial charge in [0, 0.05) is 31.7 Å². The molecule has 0 spiro atoms. The van der Waals surface area contributed by atoms with Gasteiger partial charge in [-0.05, 0) is 63.9 Å². The summed E-state index contributed by atoms with van der Waals surface area (Å²) >= 11 is 0. The molecule has 1 atom stereocenters. The molecule has 0 saturated heterocycles. The van der Waals surface area contributed by atoms with Crippen LogP contribution >= 0.6 is 0 Å². The molecule has 0 fully saturated rings. The van der Waals surface area contributed by atoms with Crippen molar-refractivity contribution in [2.75, 3.05) is 13.6 Å². The van der Waals surface area contributed by atoms with E-state index in [1.165, 1.54) is 17.7 Å². The molecule has 0 radical (unpaired) electrons. The monoisotopic (exact) mass is 459 g/mol. The molecule has 5 rings (SSSR count). The Morgan fingerprint density at radius 1 is 1.29 bits per heavy atom. The van der Waals surface area contributed by atoms with Gasteiger partial charge in [-0.3, -0.25) is 14.7 Å². The van der Waals surface area contributed by atoms with Crippen molar-refractivity contribution in [1.29, 1.82) is 0 Å². The first-order valence-corrected chi connectivity index (χ1v) is 11.8. The Bertz CT molecular complexity index is 1250. The number of para-hydroxylation sites is 1. The lowest BCUT2D eigenvalue weighted by atomic mass is 9.91. The summed E-state index contributed by atoms with van der Waals surface area (Å²) in [6.07, 6.45) is 8.72. The third-order valence-electron chi connectivity index (χ3n) is 6.31. The van der Waals surface area contributed by atoms with Gasteiger partial charge < -0.3 is 14.9 Å². The van der Waals surface area contributed by atoms with Crippen molar-refractivity contribution in [1.82, 2.24) is 34.7 Å². The van der Waals surface area contributed by atoms with Crippen LogP contribution in [-0.2, 0) is 20.0 Å². The first-order valence-electron chi connectivity index (χ1n) is 11.8. The van der Waals surface area contributed by atoms with Crippen LogP contribution in [0.5, 0.6) is 0 Å². The van der Waals surface area contributed by atoms with Gasteiger partial charge in [0.05, 0.1) is 35.7 Å². The molecule has 1 amide bonds. The largest absolute Gasteiger partial charge is 0.352 e. The highest BCUT2D eigenvalue weighted by molar-refractivity contribution is 6.05. The molecule has 3 aromatic heterocycles. The fourth-order valence-corrected chi connectivity index (χ4v) is 4.52. The smallest absolute Gasteiger partial charge is 0.253 e. The van der Waals surface area contributed by atoms with Crippen LogP contribution in [0.1, 0.15) is 58.9 Å². The number of aromatic amines is 1. The number of carbonyl (C=O) groups excluding carboxylic acids is 1. The summed E-state index contributed by atoms with van der Waals surface area (Å²) in [6.45, 7) is 5.20. The fraction of sp³-hybridized carbons (Fsp3) is 0.385. The predicted octanol–water partition coefficient (Wildman–Crippen LogP) is 3.95. The summed E-state index contributed by atoms with van der Waals surface area (Å²) in [5, 5.41) is 2.88. The molecule has 2 N–H and O–H groups in total. The Kier molecular flexibility index (Phi) is 7.37. The molecule has 1 aliphatic carbocycles. The van der Waals surface area contributed by atoms with Crippen LogP contribution in [0.4, 0.5) is 0 Å². The average molecular weight is 460 g/mol. The van der Waals surface area contributed by atoms with Crippen molar-refractivity contribution in [2.24, 2.45) is 7.05 Å². The Balaban J connectivity index is 0.000000398. The summed E-state index contributed by atoms with van der Waals surface area (Å²) in [6, 6.07) is 10.3. The van der Waals surface area contributed by atoms with E-state index in [1.54, 1.807) is 12.5 Å². The molecule has 1 unspecified atom stereocenters. The van der Waals surface area contributed by atoms with E-state index in [4.69, 9.17) is 4.98 Å². The number of fused-ring (bicyclic) bond motifs is 2. The quantitative estimate of drug-likeness (QED) is 0.472. The van der Waals surface area contributed by atoms with Gasteiger partial charge in [0.25, 0.3) is 5.91 Å². The van der Waals surface area contributed by atoms with Gasteiger partial charge in [0.2, 0.25) is 0 Å². The second-order valence-electron chi connectivity index (χ2n) is 8.73. The highest BCUT2D eigenvalue weighted by Crippen LogP contribution is 2.33. The Morgan fingerprint density at radius 2 is 2.15 bits per heavy atom. The summed E-state index contributed by atoms with van der Waals surface area (Å²) < 4.78 is 2.09. The van der Waals surface area contributed by atoms with E-state index >= 15 is 0 Å². The fourth-order valence-electron chi connectivity index (χ4n) is 4.52. The number of rotatable bonds is 5. The van der Waals surface area contributed by atoms with Crippen molar-refractivity contribution in [3.8, 4) is 0 Å². The number of imidazole rings is 2. The predicted molar refractivity (Wildman–Crippen MR) is 133 cm³/mol. The number of nitrogens with zero attached hydrogens (tertiary/aromatic N) is 5. The second-order valence-corrected chi connectivity index (χ2v) is 8.73. The number of nitrogens with one attached hydrogen (secondary N) is 2. The number of aryl methyl sites for hydroxylation is 3. The molecule has 1 aromatic carbocycles. The first kappa shape index (κ1) is 23.6. The first-order chi connectivity index (χ1) is 16.5. The molecule has 178 valence electrons. The van der Waals surface area contributed by atoms with Gasteiger partial charge in [0.15, 0.2) is 0 Å². The zero-order chi connectivity index (χ0) is 24.1. The molecule has 8 heteroatoms. The van der Waals surface area contributed by atoms with Crippen LogP contribution in [0, 0.1) is 6.92 Å². The number of hydrogen-bond donors (Lipinski definition) is 2. The summed E-state index contributed by atoms with van der Waals surface area (Å²) in [4.78, 5) is 30.9. The minimum atomic E-state index is -0.0727. The van der Waals surface area contributed by atoms with E-state index in [1.807, 2.05) is 51.4 Å². The van der Waals surface area contributed by atoms with Crippen LogP contribution in [0.2, 0.25) is 0 Å². The van der Waals surface area contributed by atoms with E-state index in [0.717, 1.165) is 35.4 Å². The third kappa shape index (κ3) is 5.02. The molecule has 0 bridgehead atoms. The maximum absolute atomic E-state index is 12.4. The van der Waals surface area contributed by atoms with E-state index in [9.17, 15) is 4.79 Å². The molecule has 0 saturated carbocycles. The molecule has 8 nitrogen and oxygen atoms in total. The van der Waals surface area contributed by atoms with Gasteiger partial charge in [-0.2, -0.15) is 0 Å². The molecule has 1 aliphatic rings. The number of hydrogen-bond acceptors (Lipinski definition) is 5. The molecule has 3 heterocycles. The van der Waals surface area contributed by atoms with E-state index in [-0.39, 0.29) is 5.91 Å². The second kappa shape index (κ2) is 10.6. The minimum Gasteiger partial charge on any atom is -0.352 e. The lowest BCUT2D eigenvalue weighted by molar-refractivity contribution is 0.0957. The van der Waals surface area contributed by atoms with Crippen molar-refractivity contribution >= 4 is 16.9 Å². The van der Waals surface area contributed by atoms with Gasteiger partial charge >= 0.3 is 0 Å². The normalized spacial score (nSPS) is 15.0. The van der Waals surface area contributed by atoms with E-state index in [2.05, 4.69) is 42.8 Å². The lowest BCUT2D eigenvalue weighted by Gasteiger charge is -2.32. The number of aromatic nitrogens is 5. The maximum Gasteiger partial charge on any atom is 0.253 e. The third-order valence-corrected chi connectivity index (χ3v) is 6.31. The standard InChI is InChI=1S/C22H27N5O.C4H6N2/c1-4-23-22(28)16-10-6-12-18-21(16)25-19(27(18)3)14-26(2)17-11-5-8-15-9-7-13-24-20(15)17;1-4-2-5-3-6-4/h6-7,9-10,12-13,17H,4-5,8,11,14H2,1-3H3,(H,23,28);2-3H,1H3,(H,5,6). The average Bonchev–Trinajstić information content (AvgIpc) is 3.45. The van der Waals surface area contributed by atoms with Crippen molar-refractivity contribution in [3.63, 3.8) is 0 Å². The Hall–Kier alpha value is -3.52. The number of pyridine rings is 1. The van der Waals surface area contributed by atoms with Crippen LogP contribution < -0.4 is 5.32 Å². The zero-order valence-electron chi connectivity index (χ0n) is 20.4. The SMILES string of the molecule is CCNC(=O)c1cccc2c1nc(CN(C)C1CCCc3cccnc31)n2C.Cc1cnc[nH]1. The summed E-state index contributed by atoms with van der Waals surface area (Å²) in [7, 11) is 4.16. The van der Waals surface area contributed by atoms with Crippen LogP contribution in [0.3, 0.4) is 0 Å². The van der Waals surface area contributed by atoms with Crippen LogP contribution in [-0.4, -0.2) is 48.9 Å². The Morgan fingerprint density at radius 3 is 2.85 bits per heavy atom.